The van der Waals surface area contributed by atoms with Crippen molar-refractivity contribution < 1.29 is 9.47 Å². The highest BCUT2D eigenvalue weighted by Crippen LogP contribution is 2.11. The molecule has 0 aliphatic heterocycles. The van der Waals surface area contributed by atoms with Crippen LogP contribution in [0.25, 0.3) is 0 Å². The molecular weight excluding hydrogens is 514 g/mol. The SMILES string of the molecule is CCCCCCCCC=CCCCCCCCCOCC(N)COCCCCCCCCC=CCCCCCCCC. The fourth-order valence-corrected chi connectivity index (χ4v) is 5.42. The first-order valence-corrected chi connectivity index (χ1v) is 19.0. The zero-order valence-electron chi connectivity index (χ0n) is 28.9. The number of ether oxygens (including phenoxy) is 2. The molecular formula is C39H77NO2. The Bertz CT molecular complexity index is 486. The number of hydrogen-bond donors (Lipinski definition) is 1. The number of nitrogens with two attached hydrogens (primary N) is 1. The smallest absolute Gasteiger partial charge is 0.0640 e. The van der Waals surface area contributed by atoms with Crippen molar-refractivity contribution in [3.63, 3.8) is 0 Å². The third kappa shape index (κ3) is 37.4. The molecule has 0 spiro atoms. The minimum absolute atomic E-state index is 0.00762. The molecule has 0 rings (SSSR count). The molecule has 0 aromatic carbocycles. The summed E-state index contributed by atoms with van der Waals surface area (Å²) in [4.78, 5) is 0. The second-order valence-corrected chi connectivity index (χ2v) is 12.8. The van der Waals surface area contributed by atoms with Gasteiger partial charge in [0, 0.05) is 13.2 Å². The first-order chi connectivity index (χ1) is 20.8. The van der Waals surface area contributed by atoms with Gasteiger partial charge in [-0.3, -0.25) is 0 Å². The van der Waals surface area contributed by atoms with Crippen LogP contribution in [0.2, 0.25) is 0 Å². The van der Waals surface area contributed by atoms with Crippen molar-refractivity contribution in [3.05, 3.63) is 24.3 Å². The minimum Gasteiger partial charge on any atom is -0.380 e. The molecule has 0 saturated carbocycles. The lowest BCUT2D eigenvalue weighted by molar-refractivity contribution is 0.0644. The summed E-state index contributed by atoms with van der Waals surface area (Å²) in [5.41, 5.74) is 6.16. The number of allylic oxidation sites excluding steroid dienone is 4. The fourth-order valence-electron chi connectivity index (χ4n) is 5.42. The van der Waals surface area contributed by atoms with E-state index in [2.05, 4.69) is 38.2 Å². The van der Waals surface area contributed by atoms with Crippen LogP contribution >= 0.6 is 0 Å². The monoisotopic (exact) mass is 592 g/mol. The average molecular weight is 592 g/mol. The topological polar surface area (TPSA) is 44.5 Å². The molecule has 0 amide bonds. The van der Waals surface area contributed by atoms with Crippen LogP contribution in [0.3, 0.4) is 0 Å². The normalized spacial score (nSPS) is 12.7. The highest BCUT2D eigenvalue weighted by atomic mass is 16.5. The Morgan fingerprint density at radius 1 is 0.381 bits per heavy atom. The molecule has 0 radical (unpaired) electrons. The predicted octanol–water partition coefficient (Wildman–Crippen LogP) is 12.4. The van der Waals surface area contributed by atoms with Crippen molar-refractivity contribution in [2.75, 3.05) is 26.4 Å². The molecule has 250 valence electrons. The summed E-state index contributed by atoms with van der Waals surface area (Å²) in [6.07, 6.45) is 47.1. The van der Waals surface area contributed by atoms with Crippen LogP contribution in [0.4, 0.5) is 0 Å². The Labute approximate surface area is 265 Å². The summed E-state index contributed by atoms with van der Waals surface area (Å²) >= 11 is 0. The fraction of sp³-hybridized carbons (Fsp3) is 0.897. The van der Waals surface area contributed by atoms with Gasteiger partial charge >= 0.3 is 0 Å². The summed E-state index contributed by atoms with van der Waals surface area (Å²) in [7, 11) is 0. The Morgan fingerprint density at radius 3 is 0.952 bits per heavy atom. The molecule has 0 bridgehead atoms. The van der Waals surface area contributed by atoms with E-state index < -0.39 is 0 Å². The lowest BCUT2D eigenvalue weighted by Gasteiger charge is -2.12. The molecule has 2 N–H and O–H groups in total. The standard InChI is InChI=1S/C39H77NO2/c1-3-5-7-9-11-13-15-17-19-21-23-25-27-29-31-33-35-41-37-39(40)38-42-36-34-32-30-28-26-24-22-20-18-16-14-12-10-8-6-4-2/h17-20,39H,3-16,21-38,40H2,1-2H3. The van der Waals surface area contributed by atoms with E-state index in [1.54, 1.807) is 0 Å². The van der Waals surface area contributed by atoms with Gasteiger partial charge in [0.25, 0.3) is 0 Å². The Kier molecular flexibility index (Phi) is 37.8. The summed E-state index contributed by atoms with van der Waals surface area (Å²) < 4.78 is 11.6. The molecule has 0 fully saturated rings. The van der Waals surface area contributed by atoms with Crippen LogP contribution in [0, 0.1) is 0 Å². The van der Waals surface area contributed by atoms with Crippen LogP contribution < -0.4 is 5.73 Å². The molecule has 3 heteroatoms. The Hall–Kier alpha value is -0.640. The largest absolute Gasteiger partial charge is 0.380 e. The highest BCUT2D eigenvalue weighted by Gasteiger charge is 2.03. The van der Waals surface area contributed by atoms with Gasteiger partial charge in [0.05, 0.1) is 19.3 Å². The highest BCUT2D eigenvalue weighted by molar-refractivity contribution is 4.82. The van der Waals surface area contributed by atoms with Gasteiger partial charge in [-0.25, -0.2) is 0 Å². The lowest BCUT2D eigenvalue weighted by atomic mass is 10.1. The van der Waals surface area contributed by atoms with Crippen LogP contribution in [-0.2, 0) is 9.47 Å². The number of unbranched alkanes of at least 4 members (excludes halogenated alkanes) is 24. The van der Waals surface area contributed by atoms with Crippen LogP contribution in [0.15, 0.2) is 24.3 Å². The third-order valence-corrected chi connectivity index (χ3v) is 8.26. The van der Waals surface area contributed by atoms with E-state index in [0.29, 0.717) is 13.2 Å². The quantitative estimate of drug-likeness (QED) is 0.0582. The molecule has 0 atom stereocenters. The lowest BCUT2D eigenvalue weighted by Crippen LogP contribution is -2.31. The van der Waals surface area contributed by atoms with E-state index in [9.17, 15) is 0 Å². The second kappa shape index (κ2) is 38.4. The van der Waals surface area contributed by atoms with Crippen molar-refractivity contribution in [1.29, 1.82) is 0 Å². The zero-order chi connectivity index (χ0) is 30.4. The van der Waals surface area contributed by atoms with E-state index in [-0.39, 0.29) is 6.04 Å². The third-order valence-electron chi connectivity index (χ3n) is 8.26. The van der Waals surface area contributed by atoms with Gasteiger partial charge in [-0.1, -0.05) is 154 Å². The van der Waals surface area contributed by atoms with Crippen molar-refractivity contribution >= 4 is 0 Å². The maximum atomic E-state index is 6.16. The molecule has 0 aromatic rings. The van der Waals surface area contributed by atoms with Crippen LogP contribution in [0.5, 0.6) is 0 Å². The van der Waals surface area contributed by atoms with E-state index in [0.717, 1.165) is 26.1 Å². The molecule has 0 unspecified atom stereocenters. The molecule has 0 aromatic heterocycles. The molecule has 3 nitrogen and oxygen atoms in total. The molecule has 0 aliphatic carbocycles. The Balaban J connectivity index is 3.21. The minimum atomic E-state index is 0.00762. The van der Waals surface area contributed by atoms with Gasteiger partial charge in [-0.2, -0.15) is 0 Å². The van der Waals surface area contributed by atoms with Crippen LogP contribution in [0.1, 0.15) is 194 Å². The second-order valence-electron chi connectivity index (χ2n) is 12.8. The van der Waals surface area contributed by atoms with E-state index in [1.165, 1.54) is 167 Å². The summed E-state index contributed by atoms with van der Waals surface area (Å²) in [5, 5.41) is 0. The summed E-state index contributed by atoms with van der Waals surface area (Å²) in [6, 6.07) is 0.00762. The molecule has 42 heavy (non-hydrogen) atoms. The van der Waals surface area contributed by atoms with Gasteiger partial charge in [-0.05, 0) is 64.2 Å². The average Bonchev–Trinajstić information content (AvgIpc) is 3.00. The van der Waals surface area contributed by atoms with E-state index in [4.69, 9.17) is 15.2 Å². The number of hydrogen-bond acceptors (Lipinski definition) is 3. The van der Waals surface area contributed by atoms with E-state index in [1.807, 2.05) is 0 Å². The molecule has 0 heterocycles. The summed E-state index contributed by atoms with van der Waals surface area (Å²) in [6.45, 7) is 7.49. The van der Waals surface area contributed by atoms with Gasteiger partial charge in [0.1, 0.15) is 0 Å². The van der Waals surface area contributed by atoms with Gasteiger partial charge in [0.2, 0.25) is 0 Å². The van der Waals surface area contributed by atoms with Crippen molar-refractivity contribution in [1.82, 2.24) is 0 Å². The maximum Gasteiger partial charge on any atom is 0.0640 e. The first kappa shape index (κ1) is 41.4. The van der Waals surface area contributed by atoms with Crippen molar-refractivity contribution in [2.24, 2.45) is 5.73 Å². The number of rotatable bonds is 36. The maximum absolute atomic E-state index is 6.16. The van der Waals surface area contributed by atoms with Crippen molar-refractivity contribution in [2.45, 2.75) is 200 Å². The van der Waals surface area contributed by atoms with Gasteiger partial charge in [-0.15, -0.1) is 0 Å². The molecule has 0 aliphatic rings. The van der Waals surface area contributed by atoms with Gasteiger partial charge < -0.3 is 15.2 Å². The zero-order valence-corrected chi connectivity index (χ0v) is 28.9. The summed E-state index contributed by atoms with van der Waals surface area (Å²) in [5.74, 6) is 0. The molecule has 0 saturated heterocycles. The van der Waals surface area contributed by atoms with Gasteiger partial charge in [0.15, 0.2) is 0 Å². The van der Waals surface area contributed by atoms with E-state index >= 15 is 0 Å². The Morgan fingerprint density at radius 2 is 0.643 bits per heavy atom. The first-order valence-electron chi connectivity index (χ1n) is 19.0. The van der Waals surface area contributed by atoms with Crippen molar-refractivity contribution in [3.8, 4) is 0 Å². The van der Waals surface area contributed by atoms with Crippen LogP contribution in [-0.4, -0.2) is 32.5 Å². The predicted molar refractivity (Wildman–Crippen MR) is 189 cm³/mol.